The van der Waals surface area contributed by atoms with Crippen LogP contribution in [-0.4, -0.2) is 47.1 Å². The van der Waals surface area contributed by atoms with Crippen molar-refractivity contribution in [3.8, 4) is 5.75 Å². The Hall–Kier alpha value is -1.89. The molecule has 0 saturated carbocycles. The van der Waals surface area contributed by atoms with E-state index < -0.39 is 42.7 Å². The molecule has 0 spiro atoms. The van der Waals surface area contributed by atoms with Gasteiger partial charge in [-0.15, -0.1) is 0 Å². The van der Waals surface area contributed by atoms with Gasteiger partial charge in [0, 0.05) is 11.6 Å². The monoisotopic (exact) mass is 552 g/mol. The maximum Gasteiger partial charge on any atom is 0.324 e. The van der Waals surface area contributed by atoms with Gasteiger partial charge < -0.3 is 9.84 Å². The zero-order valence-corrected chi connectivity index (χ0v) is 21.7. The molecule has 0 aliphatic heterocycles. The van der Waals surface area contributed by atoms with Crippen LogP contribution < -0.4 is 9.44 Å². The predicted octanol–water partition coefficient (Wildman–Crippen LogP) is 3.37. The molecule has 0 saturated heterocycles. The molecule has 0 aliphatic carbocycles. The van der Waals surface area contributed by atoms with Crippen molar-refractivity contribution >= 4 is 49.2 Å². The predicted molar refractivity (Wildman–Crippen MR) is 129 cm³/mol. The summed E-state index contributed by atoms with van der Waals surface area (Å²) in [5.74, 6) is -1.51. The fourth-order valence-electron chi connectivity index (χ4n) is 2.95. The molecule has 2 aromatic rings. The van der Waals surface area contributed by atoms with Crippen LogP contribution in [0.2, 0.25) is 10.0 Å². The fourth-order valence-corrected chi connectivity index (χ4v) is 6.00. The Morgan fingerprint density at radius 3 is 2.32 bits per heavy atom. The summed E-state index contributed by atoms with van der Waals surface area (Å²) in [5.41, 5.74) is 0.930. The summed E-state index contributed by atoms with van der Waals surface area (Å²) in [5, 5.41) is 9.77. The smallest absolute Gasteiger partial charge is 0.324 e. The van der Waals surface area contributed by atoms with Crippen molar-refractivity contribution in [3.63, 3.8) is 0 Å². The number of halogens is 2. The second kappa shape index (κ2) is 12.2. The molecular weight excluding hydrogens is 527 g/mol. The lowest BCUT2D eigenvalue weighted by Gasteiger charge is -2.18. The molecule has 2 rings (SSSR count). The summed E-state index contributed by atoms with van der Waals surface area (Å²) < 4.78 is 59.9. The van der Waals surface area contributed by atoms with E-state index in [1.807, 2.05) is 6.92 Å². The summed E-state index contributed by atoms with van der Waals surface area (Å²) in [6, 6.07) is 7.30. The molecule has 188 valence electrons. The van der Waals surface area contributed by atoms with E-state index in [2.05, 4.69) is 9.44 Å². The van der Waals surface area contributed by atoms with E-state index in [0.29, 0.717) is 12.8 Å². The molecule has 0 heterocycles. The largest absolute Gasteiger partial charge is 0.505 e. The first kappa shape index (κ1) is 28.3. The van der Waals surface area contributed by atoms with Gasteiger partial charge in [-0.25, -0.2) is 21.6 Å². The average Bonchev–Trinajstić information content (AvgIpc) is 2.75. The number of benzene rings is 2. The van der Waals surface area contributed by atoms with Crippen molar-refractivity contribution in [2.75, 3.05) is 13.2 Å². The van der Waals surface area contributed by atoms with Crippen molar-refractivity contribution in [1.82, 2.24) is 9.44 Å². The van der Waals surface area contributed by atoms with Crippen molar-refractivity contribution in [2.24, 2.45) is 0 Å². The summed E-state index contributed by atoms with van der Waals surface area (Å²) in [4.78, 5) is 11.9. The van der Waals surface area contributed by atoms with Crippen LogP contribution in [-0.2, 0) is 29.6 Å². The molecule has 0 aliphatic rings. The number of nitrogens with one attached hydrogen (secondary N) is 2. The summed E-state index contributed by atoms with van der Waals surface area (Å²) in [6.07, 6.45) is 0.654. The van der Waals surface area contributed by atoms with Gasteiger partial charge in [-0.1, -0.05) is 40.9 Å². The number of unbranched alkanes of at least 4 members (excludes halogenated alkanes) is 1. The Morgan fingerprint density at radius 1 is 1.06 bits per heavy atom. The standard InChI is InChI=1S/C21H26Cl2N2O7S2/c1-3-32-21(27)18(25-34(30,31)19-13-15(22)12-17(23)20(19)26)6-4-5-11-24-33(28,29)16-9-7-14(2)8-10-16/h7-10,12-13,18,24-26H,3-6,11H2,1-2H3. The highest BCUT2D eigenvalue weighted by molar-refractivity contribution is 7.89. The van der Waals surface area contributed by atoms with Gasteiger partial charge in [0.2, 0.25) is 20.0 Å². The second-order valence-electron chi connectivity index (χ2n) is 7.37. The van der Waals surface area contributed by atoms with Crippen LogP contribution in [0.15, 0.2) is 46.2 Å². The topological polar surface area (TPSA) is 139 Å². The first-order chi connectivity index (χ1) is 15.9. The number of hydrogen-bond donors (Lipinski definition) is 3. The Labute approximate surface area is 209 Å². The quantitative estimate of drug-likeness (QED) is 0.271. The Morgan fingerprint density at radius 2 is 1.71 bits per heavy atom. The van der Waals surface area contributed by atoms with Gasteiger partial charge in [-0.3, -0.25) is 4.79 Å². The normalized spacial score (nSPS) is 12.9. The maximum atomic E-state index is 12.8. The summed E-state index contributed by atoms with van der Waals surface area (Å²) in [6.45, 7) is 3.54. The van der Waals surface area contributed by atoms with Crippen LogP contribution in [0, 0.1) is 6.92 Å². The van der Waals surface area contributed by atoms with Gasteiger partial charge in [0.1, 0.15) is 10.9 Å². The summed E-state index contributed by atoms with van der Waals surface area (Å²) >= 11 is 11.7. The van der Waals surface area contributed by atoms with Crippen LogP contribution in [0.1, 0.15) is 31.7 Å². The van der Waals surface area contributed by atoms with Crippen molar-refractivity contribution in [1.29, 1.82) is 0 Å². The third kappa shape index (κ3) is 7.82. The third-order valence-electron chi connectivity index (χ3n) is 4.69. The number of esters is 1. The van der Waals surface area contributed by atoms with Gasteiger partial charge in [0.15, 0.2) is 5.75 Å². The number of hydrogen-bond acceptors (Lipinski definition) is 7. The number of aromatic hydroxyl groups is 1. The molecule has 34 heavy (non-hydrogen) atoms. The Balaban J connectivity index is 2.03. The first-order valence-electron chi connectivity index (χ1n) is 10.3. The lowest BCUT2D eigenvalue weighted by atomic mass is 10.1. The molecule has 0 bridgehead atoms. The first-order valence-corrected chi connectivity index (χ1v) is 14.0. The van der Waals surface area contributed by atoms with Crippen molar-refractivity contribution < 1.29 is 31.5 Å². The van der Waals surface area contributed by atoms with E-state index in [-0.39, 0.29) is 34.5 Å². The fraction of sp³-hybridized carbons (Fsp3) is 0.381. The van der Waals surface area contributed by atoms with Crippen LogP contribution in [0.5, 0.6) is 5.75 Å². The molecule has 2 aromatic carbocycles. The lowest BCUT2D eigenvalue weighted by molar-refractivity contribution is -0.145. The Bertz CT molecular complexity index is 1220. The zero-order chi connectivity index (χ0) is 25.5. The highest BCUT2D eigenvalue weighted by atomic mass is 35.5. The summed E-state index contributed by atoms with van der Waals surface area (Å²) in [7, 11) is -8.07. The molecule has 0 aromatic heterocycles. The highest BCUT2D eigenvalue weighted by Gasteiger charge is 2.29. The van der Waals surface area contributed by atoms with Crippen molar-refractivity contribution in [2.45, 2.75) is 48.9 Å². The van der Waals surface area contributed by atoms with E-state index in [4.69, 9.17) is 27.9 Å². The minimum absolute atomic E-state index is 0.0169. The minimum atomic E-state index is -4.39. The van der Waals surface area contributed by atoms with Crippen LogP contribution in [0.3, 0.4) is 0 Å². The lowest BCUT2D eigenvalue weighted by Crippen LogP contribution is -2.42. The van der Waals surface area contributed by atoms with Crippen LogP contribution in [0.4, 0.5) is 0 Å². The van der Waals surface area contributed by atoms with Gasteiger partial charge in [0.25, 0.3) is 0 Å². The number of ether oxygens (including phenoxy) is 1. The number of carbonyl (C=O) groups is 1. The van der Waals surface area contributed by atoms with Gasteiger partial charge >= 0.3 is 5.97 Å². The average molecular weight is 553 g/mol. The number of rotatable bonds is 12. The maximum absolute atomic E-state index is 12.8. The van der Waals surface area contributed by atoms with E-state index in [1.165, 1.54) is 18.2 Å². The van der Waals surface area contributed by atoms with Gasteiger partial charge in [-0.2, -0.15) is 4.72 Å². The minimum Gasteiger partial charge on any atom is -0.505 e. The number of phenolic OH excluding ortho intramolecular Hbond substituents is 1. The molecular formula is C21H26Cl2N2O7S2. The highest BCUT2D eigenvalue weighted by Crippen LogP contribution is 2.34. The number of carbonyl (C=O) groups excluding carboxylic acids is 1. The van der Waals surface area contributed by atoms with Crippen LogP contribution >= 0.6 is 23.2 Å². The SMILES string of the molecule is CCOC(=O)C(CCCCNS(=O)(=O)c1ccc(C)cc1)NS(=O)(=O)c1cc(Cl)cc(Cl)c1O. The molecule has 3 N–H and O–H groups in total. The molecule has 0 radical (unpaired) electrons. The van der Waals surface area contributed by atoms with Gasteiger partial charge in [0.05, 0.1) is 16.5 Å². The molecule has 1 unspecified atom stereocenters. The molecule has 0 amide bonds. The molecule has 13 heteroatoms. The van der Waals surface area contributed by atoms with Gasteiger partial charge in [-0.05, 0) is 57.4 Å². The molecule has 9 nitrogen and oxygen atoms in total. The van der Waals surface area contributed by atoms with E-state index in [1.54, 1.807) is 19.1 Å². The van der Waals surface area contributed by atoms with E-state index >= 15 is 0 Å². The molecule has 0 fully saturated rings. The third-order valence-corrected chi connectivity index (χ3v) is 8.16. The number of sulfonamides is 2. The molecule has 1 atom stereocenters. The number of aryl methyl sites for hydroxylation is 1. The number of phenols is 1. The Kier molecular flexibility index (Phi) is 10.2. The van der Waals surface area contributed by atoms with Crippen molar-refractivity contribution in [3.05, 3.63) is 52.0 Å². The van der Waals surface area contributed by atoms with E-state index in [0.717, 1.165) is 11.6 Å². The zero-order valence-electron chi connectivity index (χ0n) is 18.5. The van der Waals surface area contributed by atoms with Crippen LogP contribution in [0.25, 0.3) is 0 Å². The van der Waals surface area contributed by atoms with E-state index in [9.17, 15) is 26.7 Å². The second-order valence-corrected chi connectivity index (χ2v) is 11.7.